The summed E-state index contributed by atoms with van der Waals surface area (Å²) in [6, 6.07) is 4.05. The van der Waals surface area contributed by atoms with Crippen molar-refractivity contribution in [2.24, 2.45) is 0 Å². The molecule has 2 aliphatic rings. The molecule has 0 radical (unpaired) electrons. The number of methoxy groups -OCH3 is 2. The molecule has 1 aliphatic heterocycles. The highest BCUT2D eigenvalue weighted by atomic mass is 16.7. The predicted octanol–water partition coefficient (Wildman–Crippen LogP) is 1.91. The maximum absolute atomic E-state index is 12.7. The Morgan fingerprint density at radius 3 is 2.41 bits per heavy atom. The van der Waals surface area contributed by atoms with Crippen LogP contribution in [0.4, 0.5) is 0 Å². The van der Waals surface area contributed by atoms with E-state index in [9.17, 15) is 40.5 Å². The lowest BCUT2D eigenvalue weighted by molar-refractivity contribution is -0.261. The Hall–Kier alpha value is -3.43. The molecule has 0 spiro atoms. The molecule has 1 saturated heterocycles. The number of nitrogens with zero attached hydrogens (tertiary/aromatic N) is 1. The summed E-state index contributed by atoms with van der Waals surface area (Å²) in [7, 11) is 2.90. The van der Waals surface area contributed by atoms with Gasteiger partial charge in [0, 0.05) is 55.5 Å². The second-order valence-corrected chi connectivity index (χ2v) is 11.5. The van der Waals surface area contributed by atoms with Gasteiger partial charge in [-0.2, -0.15) is 0 Å². The van der Waals surface area contributed by atoms with Crippen molar-refractivity contribution in [2.75, 3.05) is 34.1 Å². The molecule has 240 valence electrons. The summed E-state index contributed by atoms with van der Waals surface area (Å²) >= 11 is 0. The third-order valence-corrected chi connectivity index (χ3v) is 9.00. The smallest absolute Gasteiger partial charge is 0.161 e. The first-order valence-corrected chi connectivity index (χ1v) is 14.4. The van der Waals surface area contributed by atoms with Gasteiger partial charge in [-0.25, -0.2) is 0 Å². The zero-order valence-electron chi connectivity index (χ0n) is 25.0. The molecule has 44 heavy (non-hydrogen) atoms. The van der Waals surface area contributed by atoms with E-state index in [-0.39, 0.29) is 58.0 Å². The van der Waals surface area contributed by atoms with Crippen molar-refractivity contribution in [1.82, 2.24) is 4.90 Å². The number of benzene rings is 3. The molecule has 0 aromatic heterocycles. The topological polar surface area (TPSA) is 199 Å². The molecule has 1 fully saturated rings. The van der Waals surface area contributed by atoms with E-state index in [2.05, 4.69) is 0 Å². The van der Waals surface area contributed by atoms with E-state index in [1.165, 1.54) is 27.2 Å². The van der Waals surface area contributed by atoms with Crippen LogP contribution < -0.4 is 4.74 Å². The molecule has 13 nitrogen and oxygen atoms in total. The molecule has 1 heterocycles. The van der Waals surface area contributed by atoms with E-state index in [1.54, 1.807) is 24.0 Å². The zero-order chi connectivity index (χ0) is 32.1. The summed E-state index contributed by atoms with van der Waals surface area (Å²) in [6.07, 6.45) is -4.69. The third kappa shape index (κ3) is 5.17. The van der Waals surface area contributed by atoms with Crippen LogP contribution in [0.2, 0.25) is 0 Å². The molecule has 3 aromatic carbocycles. The van der Waals surface area contributed by atoms with E-state index in [0.29, 0.717) is 13.2 Å². The first-order valence-electron chi connectivity index (χ1n) is 14.4. The SMILES string of the molecule is COCCN(CO)[C@H]1C[C@H](O[C@H]2C[C@](O)(C(C)=O)Cc3c2c(O)c2c(O)c4c(OC)cccc4c(O)c2c3O)O[C@@H](C)[C@H]1O. The number of aromatic hydroxyl groups is 4. The monoisotopic (exact) mass is 617 g/mol. The Labute approximate surface area is 253 Å². The lowest BCUT2D eigenvalue weighted by Crippen LogP contribution is -2.56. The number of carbonyl (C=O) groups excluding carboxylic acids is 1. The molecule has 1 aliphatic carbocycles. The van der Waals surface area contributed by atoms with E-state index in [1.807, 2.05) is 0 Å². The summed E-state index contributed by atoms with van der Waals surface area (Å²) < 4.78 is 22.7. The Bertz CT molecular complexity index is 1580. The van der Waals surface area contributed by atoms with E-state index < -0.39 is 71.4 Å². The van der Waals surface area contributed by atoms with Crippen LogP contribution in [-0.2, 0) is 25.4 Å². The fraction of sp³-hybridized carbons (Fsp3) is 0.516. The molecule has 7 N–H and O–H groups in total. The first kappa shape index (κ1) is 32.0. The van der Waals surface area contributed by atoms with Gasteiger partial charge in [-0.15, -0.1) is 0 Å². The minimum Gasteiger partial charge on any atom is -0.507 e. The fourth-order valence-corrected chi connectivity index (χ4v) is 6.55. The standard InChI is InChI=1S/C31H39NO12/c1-14-26(35)18(32(13-33)8-9-41-3)10-21(43-14)44-20-12-31(40,15(2)34)11-17-23(20)30(39)25-24(28(17)37)27(36)16-6-5-7-19(42-4)22(16)29(25)38/h5-7,14,18,20-21,26,33,35-40H,8-13H2,1-4H3/t14-,18-,20-,21-,26+,31-/m0/s1. The molecular weight excluding hydrogens is 578 g/mol. The molecular formula is C31H39NO12. The number of ketones is 1. The van der Waals surface area contributed by atoms with E-state index >= 15 is 0 Å². The lowest BCUT2D eigenvalue weighted by Gasteiger charge is -2.45. The number of aliphatic hydroxyl groups excluding tert-OH is 2. The maximum atomic E-state index is 12.7. The number of hydrogen-bond acceptors (Lipinski definition) is 13. The number of rotatable bonds is 9. The molecule has 6 atom stereocenters. The number of phenolic OH excluding ortho intramolecular Hbond substituents is 4. The number of fused-ring (bicyclic) bond motifs is 3. The van der Waals surface area contributed by atoms with Crippen LogP contribution in [-0.4, -0.2) is 111 Å². The first-order chi connectivity index (χ1) is 20.9. The second kappa shape index (κ2) is 12.2. The van der Waals surface area contributed by atoms with Gasteiger partial charge in [-0.3, -0.25) is 9.69 Å². The zero-order valence-corrected chi connectivity index (χ0v) is 25.0. The van der Waals surface area contributed by atoms with Crippen LogP contribution >= 0.6 is 0 Å². The quantitative estimate of drug-likeness (QED) is 0.104. The Morgan fingerprint density at radius 2 is 1.77 bits per heavy atom. The average Bonchev–Trinajstić information content (AvgIpc) is 2.99. The summed E-state index contributed by atoms with van der Waals surface area (Å²) in [5, 5.41) is 78.0. The molecule has 3 aromatic rings. The minimum atomic E-state index is -2.01. The van der Waals surface area contributed by atoms with Crippen molar-refractivity contribution in [1.29, 1.82) is 0 Å². The molecule has 0 unspecified atom stereocenters. The van der Waals surface area contributed by atoms with Crippen molar-refractivity contribution < 1.29 is 59.5 Å². The van der Waals surface area contributed by atoms with Crippen LogP contribution in [0.15, 0.2) is 18.2 Å². The Kier molecular flexibility index (Phi) is 8.84. The summed E-state index contributed by atoms with van der Waals surface area (Å²) in [5.74, 6) is -2.38. The summed E-state index contributed by atoms with van der Waals surface area (Å²) in [6.45, 7) is 3.06. The average molecular weight is 618 g/mol. The van der Waals surface area contributed by atoms with Crippen molar-refractivity contribution in [3.05, 3.63) is 29.3 Å². The normalized spacial score (nSPS) is 27.1. The minimum absolute atomic E-state index is 0.00203. The van der Waals surface area contributed by atoms with Gasteiger partial charge in [0.15, 0.2) is 12.1 Å². The van der Waals surface area contributed by atoms with Gasteiger partial charge >= 0.3 is 0 Å². The number of phenols is 4. The molecule has 0 amide bonds. The number of carbonyl (C=O) groups is 1. The lowest BCUT2D eigenvalue weighted by atomic mass is 9.74. The van der Waals surface area contributed by atoms with Crippen molar-refractivity contribution in [3.8, 4) is 28.7 Å². The van der Waals surface area contributed by atoms with Crippen LogP contribution in [0.1, 0.15) is 43.9 Å². The van der Waals surface area contributed by atoms with Crippen molar-refractivity contribution in [3.63, 3.8) is 0 Å². The fourth-order valence-electron chi connectivity index (χ4n) is 6.55. The van der Waals surface area contributed by atoms with Crippen LogP contribution in [0.3, 0.4) is 0 Å². The summed E-state index contributed by atoms with van der Waals surface area (Å²) in [5.41, 5.74) is -2.05. The number of aliphatic hydroxyl groups is 3. The van der Waals surface area contributed by atoms with Gasteiger partial charge in [-0.05, 0) is 19.9 Å². The molecule has 5 rings (SSSR count). The van der Waals surface area contributed by atoms with Crippen LogP contribution in [0.25, 0.3) is 21.5 Å². The number of ether oxygens (including phenoxy) is 4. The number of hydrogen-bond donors (Lipinski definition) is 7. The van der Waals surface area contributed by atoms with Gasteiger partial charge in [0.25, 0.3) is 0 Å². The molecule has 0 bridgehead atoms. The van der Waals surface area contributed by atoms with E-state index in [4.69, 9.17) is 18.9 Å². The highest BCUT2D eigenvalue weighted by Gasteiger charge is 2.48. The van der Waals surface area contributed by atoms with Gasteiger partial charge in [0.05, 0.1) is 54.9 Å². The number of Topliss-reactive ketones (excluding diaryl/α,β-unsaturated/α-hetero) is 1. The van der Waals surface area contributed by atoms with Gasteiger partial charge in [0.2, 0.25) is 0 Å². The summed E-state index contributed by atoms with van der Waals surface area (Å²) in [4.78, 5) is 14.3. The molecule has 13 heteroatoms. The third-order valence-electron chi connectivity index (χ3n) is 9.00. The van der Waals surface area contributed by atoms with Gasteiger partial charge in [-0.1, -0.05) is 12.1 Å². The van der Waals surface area contributed by atoms with Crippen LogP contribution in [0, 0.1) is 0 Å². The molecule has 0 saturated carbocycles. The Balaban J connectivity index is 1.66. The van der Waals surface area contributed by atoms with Gasteiger partial charge < -0.3 is 54.7 Å². The largest absolute Gasteiger partial charge is 0.507 e. The van der Waals surface area contributed by atoms with Crippen molar-refractivity contribution in [2.45, 2.75) is 69.4 Å². The Morgan fingerprint density at radius 1 is 1.07 bits per heavy atom. The van der Waals surface area contributed by atoms with Gasteiger partial charge in [0.1, 0.15) is 34.3 Å². The maximum Gasteiger partial charge on any atom is 0.161 e. The van der Waals surface area contributed by atoms with Crippen LogP contribution in [0.5, 0.6) is 28.7 Å². The van der Waals surface area contributed by atoms with E-state index in [0.717, 1.165) is 0 Å². The highest BCUT2D eigenvalue weighted by molar-refractivity contribution is 6.17. The highest BCUT2D eigenvalue weighted by Crippen LogP contribution is 2.57. The second-order valence-electron chi connectivity index (χ2n) is 11.5. The van der Waals surface area contributed by atoms with Crippen molar-refractivity contribution >= 4 is 27.3 Å². The predicted molar refractivity (Wildman–Crippen MR) is 157 cm³/mol.